The van der Waals surface area contributed by atoms with Gasteiger partial charge < -0.3 is 0 Å². The molecule has 0 unspecified atom stereocenters. The Morgan fingerprint density at radius 3 is 2.32 bits per heavy atom. The van der Waals surface area contributed by atoms with E-state index in [0.717, 1.165) is 16.7 Å². The SMILES string of the molecule is C=C(C)C1=C(CC)C(=O)CN(S(=O)(=O)c2ccc(C)cc2)C1. The third kappa shape index (κ3) is 3.05. The highest BCUT2D eigenvalue weighted by Crippen LogP contribution is 2.27. The van der Waals surface area contributed by atoms with E-state index in [2.05, 4.69) is 6.58 Å². The molecule has 1 aromatic carbocycles. The molecule has 0 fully saturated rings. The molecule has 4 nitrogen and oxygen atoms in total. The van der Waals surface area contributed by atoms with Crippen LogP contribution in [0.4, 0.5) is 0 Å². The van der Waals surface area contributed by atoms with E-state index in [4.69, 9.17) is 0 Å². The molecule has 0 N–H and O–H groups in total. The maximum absolute atomic E-state index is 12.7. The molecule has 0 saturated carbocycles. The van der Waals surface area contributed by atoms with Crippen LogP contribution in [-0.2, 0) is 14.8 Å². The molecular weight excluding hydrogens is 298 g/mol. The normalized spacial score (nSPS) is 17.0. The fourth-order valence-electron chi connectivity index (χ4n) is 2.58. The summed E-state index contributed by atoms with van der Waals surface area (Å²) in [7, 11) is -3.67. The van der Waals surface area contributed by atoms with Gasteiger partial charge in [0.1, 0.15) is 0 Å². The van der Waals surface area contributed by atoms with E-state index in [-0.39, 0.29) is 23.8 Å². The van der Waals surface area contributed by atoms with Crippen molar-refractivity contribution in [3.05, 3.63) is 53.1 Å². The van der Waals surface area contributed by atoms with Crippen molar-refractivity contribution in [1.29, 1.82) is 0 Å². The number of nitrogens with zero attached hydrogens (tertiary/aromatic N) is 1. The molecule has 1 heterocycles. The van der Waals surface area contributed by atoms with Crippen LogP contribution in [0.15, 0.2) is 52.5 Å². The van der Waals surface area contributed by atoms with Crippen LogP contribution < -0.4 is 0 Å². The first-order valence-corrected chi connectivity index (χ1v) is 8.69. The van der Waals surface area contributed by atoms with E-state index in [1.807, 2.05) is 13.8 Å². The lowest BCUT2D eigenvalue weighted by Crippen LogP contribution is -2.41. The summed E-state index contributed by atoms with van der Waals surface area (Å²) in [6.45, 7) is 9.60. The van der Waals surface area contributed by atoms with Gasteiger partial charge in [-0.3, -0.25) is 4.79 Å². The summed E-state index contributed by atoms with van der Waals surface area (Å²) in [5, 5.41) is 0. The lowest BCUT2D eigenvalue weighted by molar-refractivity contribution is -0.116. The van der Waals surface area contributed by atoms with Crippen LogP contribution in [0.1, 0.15) is 25.8 Å². The van der Waals surface area contributed by atoms with E-state index in [1.54, 1.807) is 31.2 Å². The first kappa shape index (κ1) is 16.6. The van der Waals surface area contributed by atoms with Crippen LogP contribution in [0.25, 0.3) is 0 Å². The topological polar surface area (TPSA) is 54.5 Å². The van der Waals surface area contributed by atoms with Crippen LogP contribution in [-0.4, -0.2) is 31.6 Å². The highest BCUT2D eigenvalue weighted by atomic mass is 32.2. The summed E-state index contributed by atoms with van der Waals surface area (Å²) < 4.78 is 26.7. The molecule has 2 rings (SSSR count). The number of hydrogen-bond donors (Lipinski definition) is 0. The smallest absolute Gasteiger partial charge is 0.243 e. The van der Waals surface area contributed by atoms with Crippen molar-refractivity contribution < 1.29 is 13.2 Å². The minimum atomic E-state index is -3.67. The molecular formula is C17H21NO3S. The minimum absolute atomic E-state index is 0.101. The largest absolute Gasteiger partial charge is 0.293 e. The maximum atomic E-state index is 12.7. The Labute approximate surface area is 132 Å². The molecule has 1 aromatic rings. The average molecular weight is 319 g/mol. The van der Waals surface area contributed by atoms with E-state index in [0.29, 0.717) is 12.0 Å². The van der Waals surface area contributed by atoms with Crippen LogP contribution in [0, 0.1) is 6.92 Å². The van der Waals surface area contributed by atoms with Crippen LogP contribution >= 0.6 is 0 Å². The molecule has 1 aliphatic heterocycles. The lowest BCUT2D eigenvalue weighted by Gasteiger charge is -2.29. The van der Waals surface area contributed by atoms with Gasteiger partial charge in [-0.15, -0.1) is 0 Å². The monoisotopic (exact) mass is 319 g/mol. The maximum Gasteiger partial charge on any atom is 0.243 e. The summed E-state index contributed by atoms with van der Waals surface area (Å²) >= 11 is 0. The van der Waals surface area contributed by atoms with Crippen molar-refractivity contribution >= 4 is 15.8 Å². The van der Waals surface area contributed by atoms with E-state index >= 15 is 0 Å². The summed E-state index contributed by atoms with van der Waals surface area (Å²) in [4.78, 5) is 12.5. The number of carbonyl (C=O) groups excluding carboxylic acids is 1. The van der Waals surface area contributed by atoms with Gasteiger partial charge in [0, 0.05) is 12.1 Å². The molecule has 118 valence electrons. The number of hydrogen-bond acceptors (Lipinski definition) is 3. The number of sulfonamides is 1. The standard InChI is InChI=1S/C17H21NO3S/c1-5-15-16(12(2)3)10-18(11-17(15)19)22(20,21)14-8-6-13(4)7-9-14/h6-9H,2,5,10-11H2,1,3-4H3. The Morgan fingerprint density at radius 1 is 1.23 bits per heavy atom. The van der Waals surface area contributed by atoms with Gasteiger partial charge in [0.2, 0.25) is 10.0 Å². The van der Waals surface area contributed by atoms with Crippen LogP contribution in [0.3, 0.4) is 0 Å². The Hall–Kier alpha value is -1.72. The predicted molar refractivity (Wildman–Crippen MR) is 87.1 cm³/mol. The zero-order chi connectivity index (χ0) is 16.5. The third-order valence-corrected chi connectivity index (χ3v) is 5.69. The lowest BCUT2D eigenvalue weighted by atomic mass is 9.94. The molecule has 0 aliphatic carbocycles. The Kier molecular flexibility index (Phi) is 4.68. The highest BCUT2D eigenvalue weighted by molar-refractivity contribution is 7.89. The number of rotatable bonds is 4. The fourth-order valence-corrected chi connectivity index (χ4v) is 3.95. The molecule has 0 radical (unpaired) electrons. The minimum Gasteiger partial charge on any atom is -0.293 e. The van der Waals surface area contributed by atoms with Gasteiger partial charge in [-0.05, 0) is 38.0 Å². The van der Waals surface area contributed by atoms with E-state index < -0.39 is 10.0 Å². The number of ketones is 1. The predicted octanol–water partition coefficient (Wildman–Crippen LogP) is 2.85. The van der Waals surface area contributed by atoms with Gasteiger partial charge in [-0.2, -0.15) is 4.31 Å². The van der Waals surface area contributed by atoms with E-state index in [1.165, 1.54) is 4.31 Å². The first-order valence-electron chi connectivity index (χ1n) is 7.25. The Balaban J connectivity index is 2.42. The molecule has 0 aromatic heterocycles. The van der Waals surface area contributed by atoms with Crippen molar-refractivity contribution in [3.8, 4) is 0 Å². The Morgan fingerprint density at radius 2 is 1.82 bits per heavy atom. The third-order valence-electron chi connectivity index (χ3n) is 3.88. The molecule has 0 atom stereocenters. The van der Waals surface area contributed by atoms with Gasteiger partial charge >= 0.3 is 0 Å². The second-order valence-electron chi connectivity index (χ2n) is 5.60. The molecule has 0 bridgehead atoms. The molecule has 22 heavy (non-hydrogen) atoms. The summed E-state index contributed by atoms with van der Waals surface area (Å²) in [6.07, 6.45) is 0.597. The van der Waals surface area contributed by atoms with Crippen LogP contribution in [0.5, 0.6) is 0 Å². The van der Waals surface area contributed by atoms with Gasteiger partial charge in [0.05, 0.1) is 11.4 Å². The van der Waals surface area contributed by atoms with Crippen molar-refractivity contribution in [2.75, 3.05) is 13.1 Å². The van der Waals surface area contributed by atoms with Gasteiger partial charge in [0.25, 0.3) is 0 Å². The highest BCUT2D eigenvalue weighted by Gasteiger charge is 2.33. The van der Waals surface area contributed by atoms with Crippen molar-refractivity contribution in [1.82, 2.24) is 4.31 Å². The van der Waals surface area contributed by atoms with Gasteiger partial charge in [-0.25, -0.2) is 8.42 Å². The summed E-state index contributed by atoms with van der Waals surface area (Å²) in [5.41, 5.74) is 3.18. The number of benzene rings is 1. The van der Waals surface area contributed by atoms with Gasteiger partial charge in [0.15, 0.2) is 5.78 Å². The van der Waals surface area contributed by atoms with Crippen molar-refractivity contribution in [2.24, 2.45) is 0 Å². The van der Waals surface area contributed by atoms with E-state index in [9.17, 15) is 13.2 Å². The van der Waals surface area contributed by atoms with Crippen molar-refractivity contribution in [3.63, 3.8) is 0 Å². The fraction of sp³-hybridized carbons (Fsp3) is 0.353. The quantitative estimate of drug-likeness (QED) is 0.857. The number of Topliss-reactive ketones (excluding diaryl/α,β-unsaturated/α-hetero) is 1. The zero-order valence-corrected chi connectivity index (χ0v) is 14.0. The number of aryl methyl sites for hydroxylation is 1. The molecule has 0 amide bonds. The second kappa shape index (κ2) is 6.18. The van der Waals surface area contributed by atoms with Gasteiger partial charge in [-0.1, -0.05) is 36.8 Å². The first-order chi connectivity index (χ1) is 10.3. The Bertz CT molecular complexity index is 743. The van der Waals surface area contributed by atoms with Crippen molar-refractivity contribution in [2.45, 2.75) is 32.1 Å². The number of carbonyl (C=O) groups is 1. The zero-order valence-electron chi connectivity index (χ0n) is 13.2. The van der Waals surface area contributed by atoms with Crippen LogP contribution in [0.2, 0.25) is 0 Å². The summed E-state index contributed by atoms with van der Waals surface area (Å²) in [6, 6.07) is 6.67. The molecule has 0 saturated heterocycles. The second-order valence-corrected chi connectivity index (χ2v) is 7.54. The summed E-state index contributed by atoms with van der Waals surface area (Å²) in [5.74, 6) is -0.137. The molecule has 5 heteroatoms. The molecule has 0 spiro atoms. The molecule has 1 aliphatic rings. The average Bonchev–Trinajstić information content (AvgIpc) is 2.46.